The Morgan fingerprint density at radius 2 is 2.03 bits per heavy atom. The number of fused-ring (bicyclic) bond motifs is 4. The molecule has 1 fully saturated rings. The third kappa shape index (κ3) is 3.60. The van der Waals surface area contributed by atoms with Gasteiger partial charge >= 0.3 is 0 Å². The van der Waals surface area contributed by atoms with Crippen LogP contribution in [-0.2, 0) is 6.42 Å². The fraction of sp³-hybridized carbons (Fsp3) is 0.241. The van der Waals surface area contributed by atoms with Crippen LogP contribution in [0.3, 0.4) is 0 Å². The molecule has 1 aromatic carbocycles. The van der Waals surface area contributed by atoms with Crippen molar-refractivity contribution >= 4 is 22.9 Å². The molecule has 0 N–H and O–H groups in total. The largest absolute Gasteiger partial charge is 0.473 e. The van der Waals surface area contributed by atoms with E-state index in [1.807, 2.05) is 29.0 Å². The molecule has 10 heteroatoms. The summed E-state index contributed by atoms with van der Waals surface area (Å²) >= 11 is 6.36. The Labute approximate surface area is 228 Å². The molecule has 3 unspecified atom stereocenters. The summed E-state index contributed by atoms with van der Waals surface area (Å²) in [6.45, 7) is 4.52. The second kappa shape index (κ2) is 8.31. The van der Waals surface area contributed by atoms with Crippen molar-refractivity contribution in [1.82, 2.24) is 29.8 Å². The van der Waals surface area contributed by atoms with E-state index in [2.05, 4.69) is 34.2 Å². The van der Waals surface area contributed by atoms with Gasteiger partial charge in [0.05, 0.1) is 17.4 Å². The van der Waals surface area contributed by atoms with Gasteiger partial charge in [-0.05, 0) is 64.2 Å². The van der Waals surface area contributed by atoms with Gasteiger partial charge in [0.25, 0.3) is 5.56 Å². The Balaban J connectivity index is 1.11. The number of nitrogens with zero attached hydrogens (tertiary/aromatic N) is 7. The Hall–Kier alpha value is -4.37. The maximum Gasteiger partial charge on any atom is 0.251 e. The summed E-state index contributed by atoms with van der Waals surface area (Å²) in [6.07, 6.45) is 5.93. The zero-order valence-electron chi connectivity index (χ0n) is 20.8. The predicted molar refractivity (Wildman–Crippen MR) is 146 cm³/mol. The topological polar surface area (TPSA) is 100 Å². The normalized spacial score (nSPS) is 22.5. The van der Waals surface area contributed by atoms with Crippen LogP contribution in [0.1, 0.15) is 41.8 Å². The quantitative estimate of drug-likeness (QED) is 0.355. The van der Waals surface area contributed by atoms with E-state index in [1.165, 1.54) is 6.33 Å². The number of halogens is 1. The van der Waals surface area contributed by atoms with Crippen LogP contribution < -0.4 is 10.3 Å². The second-order valence-electron chi connectivity index (χ2n) is 10.6. The van der Waals surface area contributed by atoms with Gasteiger partial charge in [0, 0.05) is 64.2 Å². The first kappa shape index (κ1) is 22.6. The van der Waals surface area contributed by atoms with Gasteiger partial charge in [-0.15, -0.1) is 5.10 Å². The molecule has 3 aliphatic heterocycles. The van der Waals surface area contributed by atoms with E-state index in [4.69, 9.17) is 26.3 Å². The van der Waals surface area contributed by atoms with Gasteiger partial charge in [0.2, 0.25) is 5.88 Å². The van der Waals surface area contributed by atoms with Crippen molar-refractivity contribution < 1.29 is 4.74 Å². The molecule has 8 rings (SSSR count). The van der Waals surface area contributed by atoms with Crippen molar-refractivity contribution in [2.75, 3.05) is 6.61 Å². The fourth-order valence-electron chi connectivity index (χ4n) is 6.22. The van der Waals surface area contributed by atoms with E-state index in [1.54, 1.807) is 16.8 Å². The molecule has 4 aromatic rings. The SMILES string of the molecule is C=C1COc2nc(C3=CN=C(C4C5CC5c5cc(-c6cc(Cl)ccc6-n6cnnn6)cc(=O)n54)C3)ccc2C1. The minimum absolute atomic E-state index is 0.0426. The van der Waals surface area contributed by atoms with Crippen LogP contribution in [0, 0.1) is 5.92 Å². The van der Waals surface area contributed by atoms with E-state index in [0.29, 0.717) is 35.8 Å². The molecule has 39 heavy (non-hydrogen) atoms. The average molecular weight is 536 g/mol. The first-order valence-electron chi connectivity index (χ1n) is 12.9. The Morgan fingerprint density at radius 3 is 2.90 bits per heavy atom. The highest BCUT2D eigenvalue weighted by molar-refractivity contribution is 6.31. The second-order valence-corrected chi connectivity index (χ2v) is 11.0. The third-order valence-electron chi connectivity index (χ3n) is 8.09. The van der Waals surface area contributed by atoms with Crippen LogP contribution in [-0.4, -0.2) is 42.1 Å². The van der Waals surface area contributed by atoms with E-state index < -0.39 is 0 Å². The van der Waals surface area contributed by atoms with Crippen LogP contribution in [0.2, 0.25) is 5.02 Å². The first-order chi connectivity index (χ1) is 19.0. The molecule has 9 nitrogen and oxygen atoms in total. The number of ether oxygens (including phenoxy) is 1. The van der Waals surface area contributed by atoms with E-state index >= 15 is 0 Å². The van der Waals surface area contributed by atoms with Crippen molar-refractivity contribution in [2.45, 2.75) is 31.2 Å². The molecule has 1 saturated carbocycles. The third-order valence-corrected chi connectivity index (χ3v) is 8.32. The van der Waals surface area contributed by atoms with Crippen molar-refractivity contribution in [1.29, 1.82) is 0 Å². The van der Waals surface area contributed by atoms with Crippen LogP contribution in [0.5, 0.6) is 5.88 Å². The Bertz CT molecular complexity index is 1820. The monoisotopic (exact) mass is 535 g/mol. The highest BCUT2D eigenvalue weighted by Gasteiger charge is 2.54. The van der Waals surface area contributed by atoms with Crippen LogP contribution in [0.25, 0.3) is 22.4 Å². The van der Waals surface area contributed by atoms with Gasteiger partial charge < -0.3 is 9.30 Å². The van der Waals surface area contributed by atoms with Crippen molar-refractivity contribution in [3.63, 3.8) is 0 Å². The summed E-state index contributed by atoms with van der Waals surface area (Å²) in [5.74, 6) is 1.39. The lowest BCUT2D eigenvalue weighted by molar-refractivity contribution is 0.318. The predicted octanol–water partition coefficient (Wildman–Crippen LogP) is 4.57. The van der Waals surface area contributed by atoms with Crippen LogP contribution >= 0.6 is 11.6 Å². The zero-order valence-corrected chi connectivity index (χ0v) is 21.5. The van der Waals surface area contributed by atoms with E-state index in [9.17, 15) is 4.79 Å². The van der Waals surface area contributed by atoms with E-state index in [0.717, 1.165) is 63.5 Å². The summed E-state index contributed by atoms with van der Waals surface area (Å²) in [6, 6.07) is 13.3. The lowest BCUT2D eigenvalue weighted by Gasteiger charge is -2.20. The molecule has 0 bridgehead atoms. The summed E-state index contributed by atoms with van der Waals surface area (Å²) in [4.78, 5) is 23.2. The fourth-order valence-corrected chi connectivity index (χ4v) is 6.40. The first-order valence-corrected chi connectivity index (χ1v) is 13.3. The van der Waals surface area contributed by atoms with Gasteiger partial charge in [-0.2, -0.15) is 4.68 Å². The molecule has 0 amide bonds. The van der Waals surface area contributed by atoms with Crippen LogP contribution in [0.15, 0.2) is 76.9 Å². The van der Waals surface area contributed by atoms with Crippen LogP contribution in [0.4, 0.5) is 0 Å². The molecule has 0 radical (unpaired) electrons. The average Bonchev–Trinajstić information content (AvgIpc) is 3.28. The zero-order chi connectivity index (χ0) is 26.2. The molecule has 3 atom stereocenters. The molecule has 0 saturated heterocycles. The molecule has 0 spiro atoms. The summed E-state index contributed by atoms with van der Waals surface area (Å²) in [5, 5.41) is 12.1. The van der Waals surface area contributed by atoms with Gasteiger partial charge in [-0.3, -0.25) is 9.79 Å². The maximum atomic E-state index is 13.6. The smallest absolute Gasteiger partial charge is 0.251 e. The number of hydrogen-bond donors (Lipinski definition) is 0. The number of aromatic nitrogens is 6. The van der Waals surface area contributed by atoms with Crippen molar-refractivity contribution in [2.24, 2.45) is 10.9 Å². The highest BCUT2D eigenvalue weighted by Crippen LogP contribution is 2.60. The number of benzene rings is 1. The Morgan fingerprint density at radius 1 is 1.10 bits per heavy atom. The molecule has 192 valence electrons. The number of tetrazole rings is 1. The van der Waals surface area contributed by atoms with Gasteiger partial charge in [-0.25, -0.2) is 4.98 Å². The summed E-state index contributed by atoms with van der Waals surface area (Å²) < 4.78 is 9.31. The lowest BCUT2D eigenvalue weighted by Crippen LogP contribution is -2.29. The maximum absolute atomic E-state index is 13.6. The minimum Gasteiger partial charge on any atom is -0.473 e. The molecule has 4 aliphatic rings. The summed E-state index contributed by atoms with van der Waals surface area (Å²) in [7, 11) is 0. The lowest BCUT2D eigenvalue weighted by atomic mass is 9.99. The molecular weight excluding hydrogens is 514 g/mol. The van der Waals surface area contributed by atoms with Gasteiger partial charge in [0.15, 0.2) is 0 Å². The number of hydrogen-bond acceptors (Lipinski definition) is 7. The van der Waals surface area contributed by atoms with Gasteiger partial charge in [-0.1, -0.05) is 24.2 Å². The van der Waals surface area contributed by atoms with Crippen molar-refractivity contribution in [3.8, 4) is 22.7 Å². The molecule has 3 aromatic heterocycles. The number of aliphatic imine (C=N–C) groups is 1. The molecule has 6 heterocycles. The number of allylic oxidation sites excluding steroid dienone is 1. The summed E-state index contributed by atoms with van der Waals surface area (Å²) in [5.41, 5.74) is 8.41. The minimum atomic E-state index is -0.0455. The molecular formula is C29H22ClN7O2. The number of rotatable bonds is 4. The van der Waals surface area contributed by atoms with Gasteiger partial charge in [0.1, 0.15) is 12.9 Å². The molecule has 1 aliphatic carbocycles. The standard InChI is InChI=1S/C29H22ClN7O2/c1-15-6-16-2-4-23(33-29(16)39-13-15)18-7-24(31-12-18)28-22-11-21(22)26-8-17(9-27(38)37(26)28)20-10-19(30)3-5-25(20)36-14-32-34-35-36/h2-5,8-10,12,14,21-22,28H,1,6-7,11,13H2. The number of pyridine rings is 2. The Kier molecular flexibility index (Phi) is 4.82. The highest BCUT2D eigenvalue weighted by atomic mass is 35.5. The van der Waals surface area contributed by atoms with Crippen molar-refractivity contribution in [3.05, 3.63) is 99.5 Å². The van der Waals surface area contributed by atoms with E-state index in [-0.39, 0.29) is 11.6 Å².